The van der Waals surface area contributed by atoms with Gasteiger partial charge in [-0.25, -0.2) is 0 Å². The number of hydrogen-bond acceptors (Lipinski definition) is 4. The molecule has 5 heteroatoms. The largest absolute Gasteiger partial charge is 0.464 e. The van der Waals surface area contributed by atoms with E-state index in [2.05, 4.69) is 0 Å². The van der Waals surface area contributed by atoms with E-state index in [1.165, 1.54) is 0 Å². The molecule has 0 spiro atoms. The smallest absolute Gasteiger partial charge is 0.311 e. The fourth-order valence-electron chi connectivity index (χ4n) is 3.52. The Morgan fingerprint density at radius 2 is 1.85 bits per heavy atom. The van der Waals surface area contributed by atoms with Gasteiger partial charge in [-0.1, -0.05) is 25.0 Å². The van der Waals surface area contributed by atoms with E-state index in [1.807, 2.05) is 30.9 Å². The Kier molecular flexibility index (Phi) is 5.64. The normalized spacial score (nSPS) is 16.3. The maximum atomic E-state index is 12.5. The zero-order valence-electron chi connectivity index (χ0n) is 15.8. The highest BCUT2D eigenvalue weighted by Crippen LogP contribution is 2.27. The summed E-state index contributed by atoms with van der Waals surface area (Å²) in [7, 11) is 0. The fraction of sp³-hybridized carbons (Fsp3) is 0.524. The number of furan rings is 1. The SMILES string of the molecule is Cc1ccc2c(CC(=O)O[C@H](C)C(=O)N3CCCCCC3)coc2c1C. The molecule has 26 heavy (non-hydrogen) atoms. The molecule has 2 heterocycles. The summed E-state index contributed by atoms with van der Waals surface area (Å²) in [5.74, 6) is -0.495. The minimum absolute atomic E-state index is 0.0937. The molecule has 140 valence electrons. The molecule has 3 rings (SSSR count). The van der Waals surface area contributed by atoms with Crippen molar-refractivity contribution in [3.05, 3.63) is 35.1 Å². The number of carbonyl (C=O) groups excluding carboxylic acids is 2. The van der Waals surface area contributed by atoms with E-state index in [-0.39, 0.29) is 12.3 Å². The van der Waals surface area contributed by atoms with Crippen molar-refractivity contribution in [3.8, 4) is 0 Å². The number of benzene rings is 1. The second-order valence-corrected chi connectivity index (χ2v) is 7.19. The first-order valence-electron chi connectivity index (χ1n) is 9.42. The number of hydrogen-bond donors (Lipinski definition) is 0. The lowest BCUT2D eigenvalue weighted by Crippen LogP contribution is -2.40. The Labute approximate surface area is 154 Å². The fourth-order valence-corrected chi connectivity index (χ4v) is 3.52. The lowest BCUT2D eigenvalue weighted by molar-refractivity contribution is -0.158. The molecule has 1 aliphatic rings. The quantitative estimate of drug-likeness (QED) is 0.778. The zero-order chi connectivity index (χ0) is 18.7. The zero-order valence-corrected chi connectivity index (χ0v) is 15.8. The molecular formula is C21H27NO4. The summed E-state index contributed by atoms with van der Waals surface area (Å²) in [6, 6.07) is 3.99. The summed E-state index contributed by atoms with van der Waals surface area (Å²) >= 11 is 0. The third-order valence-corrected chi connectivity index (χ3v) is 5.25. The van der Waals surface area contributed by atoms with Gasteiger partial charge in [0.1, 0.15) is 5.58 Å². The number of esters is 1. The van der Waals surface area contributed by atoms with Crippen LogP contribution in [-0.2, 0) is 20.7 Å². The number of rotatable bonds is 4. The van der Waals surface area contributed by atoms with E-state index < -0.39 is 12.1 Å². The number of aryl methyl sites for hydroxylation is 2. The van der Waals surface area contributed by atoms with Gasteiger partial charge in [-0.15, -0.1) is 0 Å². The maximum absolute atomic E-state index is 12.5. The monoisotopic (exact) mass is 357 g/mol. The van der Waals surface area contributed by atoms with Crippen LogP contribution in [0, 0.1) is 13.8 Å². The number of amides is 1. The maximum Gasteiger partial charge on any atom is 0.311 e. The Bertz CT molecular complexity index is 800. The predicted molar refractivity (Wildman–Crippen MR) is 100.0 cm³/mol. The van der Waals surface area contributed by atoms with Gasteiger partial charge in [-0.2, -0.15) is 0 Å². The van der Waals surface area contributed by atoms with E-state index in [4.69, 9.17) is 9.15 Å². The van der Waals surface area contributed by atoms with Crippen molar-refractivity contribution in [2.75, 3.05) is 13.1 Å². The first-order chi connectivity index (χ1) is 12.5. The van der Waals surface area contributed by atoms with Gasteiger partial charge in [0.2, 0.25) is 0 Å². The standard InChI is InChI=1S/C21H27NO4/c1-14-8-9-18-17(13-25-20(18)15(14)2)12-19(23)26-16(3)21(24)22-10-6-4-5-7-11-22/h8-9,13,16H,4-7,10-12H2,1-3H3/t16-/m1/s1. The van der Waals surface area contributed by atoms with Crippen LogP contribution in [-0.4, -0.2) is 36.0 Å². The molecular weight excluding hydrogens is 330 g/mol. The lowest BCUT2D eigenvalue weighted by Gasteiger charge is -2.23. The number of fused-ring (bicyclic) bond motifs is 1. The van der Waals surface area contributed by atoms with Gasteiger partial charge in [0.05, 0.1) is 12.7 Å². The van der Waals surface area contributed by atoms with Crippen LogP contribution in [0.15, 0.2) is 22.8 Å². The topological polar surface area (TPSA) is 59.8 Å². The minimum atomic E-state index is -0.747. The predicted octanol–water partition coefficient (Wildman–Crippen LogP) is 3.93. The average molecular weight is 357 g/mol. The summed E-state index contributed by atoms with van der Waals surface area (Å²) in [5.41, 5.74) is 3.83. The van der Waals surface area contributed by atoms with E-state index in [1.54, 1.807) is 13.2 Å². The molecule has 0 radical (unpaired) electrons. The van der Waals surface area contributed by atoms with Crippen LogP contribution in [0.5, 0.6) is 0 Å². The number of ether oxygens (including phenoxy) is 1. The molecule has 1 aliphatic heterocycles. The molecule has 0 saturated carbocycles. The van der Waals surface area contributed by atoms with Gasteiger partial charge in [-0.05, 0) is 44.7 Å². The summed E-state index contributed by atoms with van der Waals surface area (Å²) < 4.78 is 11.1. The van der Waals surface area contributed by atoms with Crippen LogP contribution in [0.1, 0.15) is 49.3 Å². The Hall–Kier alpha value is -2.30. The van der Waals surface area contributed by atoms with Crippen LogP contribution in [0.2, 0.25) is 0 Å². The molecule has 1 saturated heterocycles. The molecule has 0 aliphatic carbocycles. The Morgan fingerprint density at radius 1 is 1.15 bits per heavy atom. The first-order valence-corrected chi connectivity index (χ1v) is 9.42. The third-order valence-electron chi connectivity index (χ3n) is 5.25. The van der Waals surface area contributed by atoms with E-state index >= 15 is 0 Å². The van der Waals surface area contributed by atoms with Crippen molar-refractivity contribution >= 4 is 22.8 Å². The second kappa shape index (κ2) is 7.94. The van der Waals surface area contributed by atoms with Crippen LogP contribution in [0.25, 0.3) is 11.0 Å². The van der Waals surface area contributed by atoms with Crippen LogP contribution >= 0.6 is 0 Å². The van der Waals surface area contributed by atoms with Crippen molar-refractivity contribution < 1.29 is 18.7 Å². The van der Waals surface area contributed by atoms with E-state index in [9.17, 15) is 9.59 Å². The molecule has 0 N–H and O–H groups in total. The molecule has 1 atom stereocenters. The summed E-state index contributed by atoms with van der Waals surface area (Å²) in [5, 5.41) is 0.927. The highest BCUT2D eigenvalue weighted by Gasteiger charge is 2.25. The molecule has 1 aromatic heterocycles. The minimum Gasteiger partial charge on any atom is -0.464 e. The first kappa shape index (κ1) is 18.5. The van der Waals surface area contributed by atoms with Crippen molar-refractivity contribution in [3.63, 3.8) is 0 Å². The molecule has 5 nitrogen and oxygen atoms in total. The van der Waals surface area contributed by atoms with Crippen molar-refractivity contribution in [1.29, 1.82) is 0 Å². The highest BCUT2D eigenvalue weighted by atomic mass is 16.5. The molecule has 2 aromatic rings. The van der Waals surface area contributed by atoms with Crippen molar-refractivity contribution in [1.82, 2.24) is 4.90 Å². The number of nitrogens with zero attached hydrogens (tertiary/aromatic N) is 1. The average Bonchev–Trinajstić information content (AvgIpc) is 2.83. The second-order valence-electron chi connectivity index (χ2n) is 7.19. The highest BCUT2D eigenvalue weighted by molar-refractivity contribution is 5.89. The number of likely N-dealkylation sites (tertiary alicyclic amines) is 1. The van der Waals surface area contributed by atoms with Gasteiger partial charge in [0, 0.05) is 24.0 Å². The Morgan fingerprint density at radius 3 is 2.54 bits per heavy atom. The van der Waals surface area contributed by atoms with E-state index in [0.29, 0.717) is 0 Å². The van der Waals surface area contributed by atoms with Gasteiger partial charge < -0.3 is 14.1 Å². The Balaban J connectivity index is 1.63. The van der Waals surface area contributed by atoms with Crippen LogP contribution in [0.3, 0.4) is 0 Å². The lowest BCUT2D eigenvalue weighted by atomic mass is 10.0. The molecule has 1 amide bonds. The van der Waals surface area contributed by atoms with Gasteiger partial charge >= 0.3 is 5.97 Å². The summed E-state index contributed by atoms with van der Waals surface area (Å²) in [6.07, 6.45) is 5.32. The molecule has 1 fully saturated rings. The van der Waals surface area contributed by atoms with Gasteiger partial charge in [0.25, 0.3) is 5.91 Å². The van der Waals surface area contributed by atoms with Crippen molar-refractivity contribution in [2.45, 2.75) is 59.0 Å². The molecule has 1 aromatic carbocycles. The van der Waals surface area contributed by atoms with Crippen molar-refractivity contribution in [2.24, 2.45) is 0 Å². The van der Waals surface area contributed by atoms with Gasteiger partial charge in [-0.3, -0.25) is 9.59 Å². The number of carbonyl (C=O) groups is 2. The van der Waals surface area contributed by atoms with E-state index in [0.717, 1.165) is 66.4 Å². The summed E-state index contributed by atoms with van der Waals surface area (Å²) in [6.45, 7) is 7.20. The molecule has 0 unspecified atom stereocenters. The van der Waals surface area contributed by atoms with Gasteiger partial charge in [0.15, 0.2) is 6.10 Å². The van der Waals surface area contributed by atoms with Crippen LogP contribution in [0.4, 0.5) is 0 Å². The third kappa shape index (κ3) is 3.92. The van der Waals surface area contributed by atoms with Crippen LogP contribution < -0.4 is 0 Å². The summed E-state index contributed by atoms with van der Waals surface area (Å²) in [4.78, 5) is 26.7. The molecule has 0 bridgehead atoms.